The molecule has 0 fully saturated rings. The van der Waals surface area contributed by atoms with Crippen molar-refractivity contribution in [3.05, 3.63) is 36.2 Å². The van der Waals surface area contributed by atoms with Crippen LogP contribution < -0.4 is 5.73 Å². The Labute approximate surface area is 129 Å². The average Bonchev–Trinajstić information content (AvgIpc) is 2.78. The van der Waals surface area contributed by atoms with Crippen molar-refractivity contribution in [1.29, 1.82) is 0 Å². The summed E-state index contributed by atoms with van der Waals surface area (Å²) in [5, 5.41) is 10.6. The molecule has 0 atom stereocenters. The lowest BCUT2D eigenvalue weighted by molar-refractivity contribution is 0.476. The monoisotopic (exact) mass is 296 g/mol. The number of pyridine rings is 1. The number of nitrogen functional groups attached to an aromatic ring is 1. The molecule has 0 radical (unpaired) electrons. The zero-order chi connectivity index (χ0) is 15.9. The predicted molar refractivity (Wildman–Crippen MR) is 89.9 cm³/mol. The first-order chi connectivity index (χ1) is 10.5. The molecule has 3 N–H and O–H groups in total. The van der Waals surface area contributed by atoms with Crippen LogP contribution in [0.5, 0.6) is 5.75 Å². The van der Waals surface area contributed by atoms with Gasteiger partial charge in [0.2, 0.25) is 0 Å². The zero-order valence-corrected chi connectivity index (χ0v) is 12.9. The Bertz CT molecular complexity index is 879. The summed E-state index contributed by atoms with van der Waals surface area (Å²) in [4.78, 5) is 9.08. The number of allylic oxidation sites excluding steroid dienone is 1. The van der Waals surface area contributed by atoms with E-state index in [9.17, 15) is 5.11 Å². The minimum absolute atomic E-state index is 0.179. The van der Waals surface area contributed by atoms with Crippen LogP contribution in [0.25, 0.3) is 21.9 Å². The first kappa shape index (κ1) is 14.4. The summed E-state index contributed by atoms with van der Waals surface area (Å²) in [6, 6.07) is 5.16. The van der Waals surface area contributed by atoms with Crippen LogP contribution in [0.15, 0.2) is 30.4 Å². The maximum absolute atomic E-state index is 9.68. The van der Waals surface area contributed by atoms with Gasteiger partial charge in [-0.05, 0) is 25.5 Å². The summed E-state index contributed by atoms with van der Waals surface area (Å²) >= 11 is 0. The van der Waals surface area contributed by atoms with Gasteiger partial charge in [0.15, 0.2) is 5.82 Å². The number of phenols is 1. The van der Waals surface area contributed by atoms with Crippen molar-refractivity contribution in [2.45, 2.75) is 33.2 Å². The number of aryl methyl sites for hydroxylation is 1. The highest BCUT2D eigenvalue weighted by atomic mass is 16.3. The van der Waals surface area contributed by atoms with Crippen LogP contribution in [0.1, 0.15) is 26.1 Å². The van der Waals surface area contributed by atoms with Crippen LogP contribution in [0, 0.1) is 0 Å². The van der Waals surface area contributed by atoms with Crippen molar-refractivity contribution in [1.82, 2.24) is 14.5 Å². The number of imidazole rings is 1. The van der Waals surface area contributed by atoms with Crippen molar-refractivity contribution in [2.75, 3.05) is 5.73 Å². The lowest BCUT2D eigenvalue weighted by Crippen LogP contribution is -2.05. The summed E-state index contributed by atoms with van der Waals surface area (Å²) in [5.74, 6) is 1.57. The zero-order valence-electron chi connectivity index (χ0n) is 12.9. The third kappa shape index (κ3) is 2.28. The van der Waals surface area contributed by atoms with Gasteiger partial charge < -0.3 is 15.4 Å². The van der Waals surface area contributed by atoms with E-state index in [0.717, 1.165) is 40.7 Å². The molecule has 0 aliphatic rings. The van der Waals surface area contributed by atoms with Crippen molar-refractivity contribution in [3.8, 4) is 5.75 Å². The molecule has 22 heavy (non-hydrogen) atoms. The molecule has 2 aromatic heterocycles. The van der Waals surface area contributed by atoms with Crippen molar-refractivity contribution >= 4 is 27.8 Å². The number of benzene rings is 1. The van der Waals surface area contributed by atoms with Crippen molar-refractivity contribution in [2.24, 2.45) is 0 Å². The van der Waals surface area contributed by atoms with Gasteiger partial charge in [-0.2, -0.15) is 0 Å². The van der Waals surface area contributed by atoms with Crippen LogP contribution in [0.2, 0.25) is 0 Å². The standard InChI is InChI=1S/C17H20N4O/c1-4-5-14-20-15-16(21(14)9-10(2)3)12-7-6-11(22)8-13(12)19-17(15)18/h6-8,22H,2,4-5,9H2,1,3H3,(H2,18,19). The van der Waals surface area contributed by atoms with Crippen molar-refractivity contribution < 1.29 is 5.11 Å². The fraction of sp³-hybridized carbons (Fsp3) is 0.294. The molecule has 2 heterocycles. The number of hydrogen-bond donors (Lipinski definition) is 2. The molecule has 5 nitrogen and oxygen atoms in total. The second kappa shape index (κ2) is 5.33. The molecule has 5 heteroatoms. The predicted octanol–water partition coefficient (Wildman–Crippen LogP) is 3.40. The summed E-state index contributed by atoms with van der Waals surface area (Å²) < 4.78 is 2.17. The molecule has 1 aromatic carbocycles. The molecule has 3 aromatic rings. The number of aromatic nitrogens is 3. The Hall–Kier alpha value is -2.56. The summed E-state index contributed by atoms with van der Waals surface area (Å²) in [7, 11) is 0. The fourth-order valence-corrected chi connectivity index (χ4v) is 2.80. The minimum Gasteiger partial charge on any atom is -0.508 e. The fourth-order valence-electron chi connectivity index (χ4n) is 2.80. The number of nitrogens with zero attached hydrogens (tertiary/aromatic N) is 3. The van der Waals surface area contributed by atoms with Gasteiger partial charge >= 0.3 is 0 Å². The van der Waals surface area contributed by atoms with Crippen LogP contribution in [0.3, 0.4) is 0 Å². The molecule has 0 aliphatic carbocycles. The topological polar surface area (TPSA) is 77.0 Å². The van der Waals surface area contributed by atoms with Gasteiger partial charge in [-0.1, -0.05) is 19.1 Å². The largest absolute Gasteiger partial charge is 0.508 e. The van der Waals surface area contributed by atoms with Gasteiger partial charge in [-0.25, -0.2) is 9.97 Å². The van der Waals surface area contributed by atoms with E-state index in [4.69, 9.17) is 10.7 Å². The summed E-state index contributed by atoms with van der Waals surface area (Å²) in [5.41, 5.74) is 9.51. The molecule has 0 bridgehead atoms. The second-order valence-corrected chi connectivity index (χ2v) is 5.72. The number of anilines is 1. The molecule has 0 saturated heterocycles. The van der Waals surface area contributed by atoms with E-state index in [0.29, 0.717) is 17.9 Å². The molecule has 0 amide bonds. The van der Waals surface area contributed by atoms with Gasteiger partial charge in [-0.3, -0.25) is 0 Å². The number of rotatable bonds is 4. The molecule has 0 spiro atoms. The van der Waals surface area contributed by atoms with Gasteiger partial charge in [0.25, 0.3) is 0 Å². The van der Waals surface area contributed by atoms with Crippen molar-refractivity contribution in [3.63, 3.8) is 0 Å². The second-order valence-electron chi connectivity index (χ2n) is 5.72. The number of hydrogen-bond acceptors (Lipinski definition) is 4. The Morgan fingerprint density at radius 3 is 2.82 bits per heavy atom. The Balaban J connectivity index is 2.42. The first-order valence-corrected chi connectivity index (χ1v) is 7.43. The van der Waals surface area contributed by atoms with E-state index in [2.05, 4.69) is 23.1 Å². The lowest BCUT2D eigenvalue weighted by Gasteiger charge is -2.10. The molecular weight excluding hydrogens is 276 g/mol. The molecule has 114 valence electrons. The lowest BCUT2D eigenvalue weighted by atomic mass is 10.1. The normalized spacial score (nSPS) is 11.4. The Morgan fingerprint density at radius 1 is 1.36 bits per heavy atom. The highest BCUT2D eigenvalue weighted by molar-refractivity contribution is 6.06. The van der Waals surface area contributed by atoms with Crippen LogP contribution >= 0.6 is 0 Å². The molecule has 0 aliphatic heterocycles. The van der Waals surface area contributed by atoms with E-state index >= 15 is 0 Å². The molecule has 0 unspecified atom stereocenters. The van der Waals surface area contributed by atoms with E-state index in [1.54, 1.807) is 12.1 Å². The molecule has 0 saturated carbocycles. The van der Waals surface area contributed by atoms with Crippen LogP contribution in [-0.2, 0) is 13.0 Å². The van der Waals surface area contributed by atoms with Crippen LogP contribution in [-0.4, -0.2) is 19.6 Å². The Kier molecular flexibility index (Phi) is 3.48. The third-order valence-corrected chi connectivity index (χ3v) is 3.67. The average molecular weight is 296 g/mol. The number of aromatic hydroxyl groups is 1. The van der Waals surface area contributed by atoms with Gasteiger partial charge in [0.05, 0.1) is 11.0 Å². The highest BCUT2D eigenvalue weighted by Gasteiger charge is 2.17. The Morgan fingerprint density at radius 2 is 2.14 bits per heavy atom. The smallest absolute Gasteiger partial charge is 0.152 e. The van der Waals surface area contributed by atoms with E-state index in [-0.39, 0.29) is 5.75 Å². The van der Waals surface area contributed by atoms with E-state index < -0.39 is 0 Å². The first-order valence-electron chi connectivity index (χ1n) is 7.43. The number of nitrogens with two attached hydrogens (primary N) is 1. The van der Waals surface area contributed by atoms with Gasteiger partial charge in [-0.15, -0.1) is 0 Å². The van der Waals surface area contributed by atoms with Crippen LogP contribution in [0.4, 0.5) is 5.82 Å². The minimum atomic E-state index is 0.179. The van der Waals surface area contributed by atoms with Gasteiger partial charge in [0, 0.05) is 24.4 Å². The van der Waals surface area contributed by atoms with E-state index in [1.807, 2.05) is 13.0 Å². The molecular formula is C17H20N4O. The van der Waals surface area contributed by atoms with E-state index in [1.165, 1.54) is 0 Å². The van der Waals surface area contributed by atoms with Gasteiger partial charge in [0.1, 0.15) is 17.1 Å². The molecule has 3 rings (SSSR count). The number of phenolic OH excluding ortho intramolecular Hbond substituents is 1. The maximum Gasteiger partial charge on any atom is 0.152 e. The summed E-state index contributed by atoms with van der Waals surface area (Å²) in [6.07, 6.45) is 1.88. The maximum atomic E-state index is 9.68. The SMILES string of the molecule is C=C(C)Cn1c(CCC)nc2c(N)nc3cc(O)ccc3c21. The quantitative estimate of drug-likeness (QED) is 0.723. The number of fused-ring (bicyclic) bond motifs is 3. The third-order valence-electron chi connectivity index (χ3n) is 3.67. The summed E-state index contributed by atoms with van der Waals surface area (Å²) in [6.45, 7) is 8.85. The highest BCUT2D eigenvalue weighted by Crippen LogP contribution is 2.31.